The van der Waals surface area contributed by atoms with Gasteiger partial charge in [0.1, 0.15) is 6.10 Å². The lowest BCUT2D eigenvalue weighted by Crippen LogP contribution is -2.04. The highest BCUT2D eigenvalue weighted by molar-refractivity contribution is 5.66. The van der Waals surface area contributed by atoms with Gasteiger partial charge in [-0.2, -0.15) is 0 Å². The van der Waals surface area contributed by atoms with Crippen LogP contribution in [0.5, 0.6) is 0 Å². The smallest absolute Gasteiger partial charge is 0.303 e. The number of carbonyl (C=O) groups is 1. The number of rotatable bonds is 5. The lowest BCUT2D eigenvalue weighted by Gasteiger charge is -2.01. The molecule has 0 aromatic rings. The molecule has 0 bridgehead atoms. The van der Waals surface area contributed by atoms with Crippen LogP contribution in [0.2, 0.25) is 0 Å². The molecule has 0 saturated carbocycles. The van der Waals surface area contributed by atoms with Gasteiger partial charge in [-0.3, -0.25) is 4.79 Å². The van der Waals surface area contributed by atoms with Gasteiger partial charge in [-0.05, 0) is 12.8 Å². The van der Waals surface area contributed by atoms with Crippen molar-refractivity contribution in [3.05, 3.63) is 0 Å². The molecular weight excluding hydrogens is 180 g/mol. The summed E-state index contributed by atoms with van der Waals surface area (Å²) in [6.07, 6.45) is 3.34. The van der Waals surface area contributed by atoms with Crippen LogP contribution in [0.4, 0.5) is 0 Å². The molecule has 0 aromatic heterocycles. The van der Waals surface area contributed by atoms with Crippen molar-refractivity contribution in [2.24, 2.45) is 0 Å². The van der Waals surface area contributed by atoms with Crippen molar-refractivity contribution in [2.45, 2.75) is 45.6 Å². The van der Waals surface area contributed by atoms with Crippen LogP contribution in [0, 0.1) is 11.8 Å². The summed E-state index contributed by atoms with van der Waals surface area (Å²) in [5.41, 5.74) is 0. The Morgan fingerprint density at radius 2 is 2.21 bits per heavy atom. The lowest BCUT2D eigenvalue weighted by molar-refractivity contribution is -0.139. The fraction of sp³-hybridized carbons (Fsp3) is 0.727. The molecule has 0 rings (SSSR count). The third kappa shape index (κ3) is 9.08. The van der Waals surface area contributed by atoms with Gasteiger partial charge in [-0.1, -0.05) is 31.6 Å². The van der Waals surface area contributed by atoms with Gasteiger partial charge < -0.3 is 9.84 Å². The van der Waals surface area contributed by atoms with E-state index in [0.717, 1.165) is 19.3 Å². The Labute approximate surface area is 85.5 Å². The summed E-state index contributed by atoms with van der Waals surface area (Å²) in [5, 5.41) is 9.33. The quantitative estimate of drug-likeness (QED) is 0.413. The van der Waals surface area contributed by atoms with E-state index in [0.29, 0.717) is 6.42 Å². The summed E-state index contributed by atoms with van der Waals surface area (Å²) >= 11 is 0. The van der Waals surface area contributed by atoms with Gasteiger partial charge in [0, 0.05) is 6.92 Å². The molecule has 3 heteroatoms. The number of hydrogen-bond donors (Lipinski definition) is 1. The SMILES string of the molecule is CCCCC[C@@H](O)C#CCOC(C)=O. The van der Waals surface area contributed by atoms with E-state index in [2.05, 4.69) is 23.5 Å². The first kappa shape index (κ1) is 13.0. The molecule has 3 nitrogen and oxygen atoms in total. The van der Waals surface area contributed by atoms with E-state index in [1.54, 1.807) is 0 Å². The summed E-state index contributed by atoms with van der Waals surface area (Å²) in [4.78, 5) is 10.3. The van der Waals surface area contributed by atoms with Gasteiger partial charge in [0.2, 0.25) is 0 Å². The average molecular weight is 198 g/mol. The molecule has 1 N–H and O–H groups in total. The van der Waals surface area contributed by atoms with Gasteiger partial charge in [0.15, 0.2) is 6.61 Å². The predicted octanol–water partition coefficient (Wildman–Crippen LogP) is 1.49. The number of hydrogen-bond acceptors (Lipinski definition) is 3. The lowest BCUT2D eigenvalue weighted by atomic mass is 10.1. The van der Waals surface area contributed by atoms with Crippen LogP contribution in [0.1, 0.15) is 39.5 Å². The highest BCUT2D eigenvalue weighted by atomic mass is 16.5. The third-order valence-electron chi connectivity index (χ3n) is 1.70. The minimum absolute atomic E-state index is 0.0696. The Morgan fingerprint density at radius 1 is 1.50 bits per heavy atom. The topological polar surface area (TPSA) is 46.5 Å². The Bertz CT molecular complexity index is 212. The van der Waals surface area contributed by atoms with E-state index < -0.39 is 6.10 Å². The van der Waals surface area contributed by atoms with E-state index in [1.165, 1.54) is 6.92 Å². The summed E-state index contributed by atoms with van der Waals surface area (Å²) in [6, 6.07) is 0. The number of aliphatic hydroxyl groups is 1. The Morgan fingerprint density at radius 3 is 2.79 bits per heavy atom. The number of ether oxygens (including phenoxy) is 1. The third-order valence-corrected chi connectivity index (χ3v) is 1.70. The molecule has 0 unspecified atom stereocenters. The van der Waals surface area contributed by atoms with Gasteiger partial charge in [-0.15, -0.1) is 0 Å². The first-order valence-corrected chi connectivity index (χ1v) is 4.96. The van der Waals surface area contributed by atoms with Crippen LogP contribution in [0.15, 0.2) is 0 Å². The first-order valence-electron chi connectivity index (χ1n) is 4.96. The molecule has 0 aromatic carbocycles. The Kier molecular flexibility index (Phi) is 7.96. The Balaban J connectivity index is 3.48. The molecule has 0 amide bonds. The molecule has 0 aliphatic carbocycles. The number of carbonyl (C=O) groups excluding carboxylic acids is 1. The molecule has 1 atom stereocenters. The number of unbranched alkanes of at least 4 members (excludes halogenated alkanes) is 2. The van der Waals surface area contributed by atoms with E-state index in [4.69, 9.17) is 0 Å². The van der Waals surface area contributed by atoms with E-state index in [-0.39, 0.29) is 12.6 Å². The second-order valence-electron chi connectivity index (χ2n) is 3.11. The van der Waals surface area contributed by atoms with Crippen molar-refractivity contribution < 1.29 is 14.6 Å². The maximum atomic E-state index is 10.3. The molecule has 0 aliphatic heterocycles. The molecule has 0 aliphatic rings. The summed E-state index contributed by atoms with van der Waals surface area (Å²) in [6.45, 7) is 3.51. The van der Waals surface area contributed by atoms with Crippen LogP contribution in [0.3, 0.4) is 0 Å². The van der Waals surface area contributed by atoms with Gasteiger partial charge in [0.05, 0.1) is 0 Å². The van der Waals surface area contributed by atoms with Crippen LogP contribution in [-0.2, 0) is 9.53 Å². The van der Waals surface area contributed by atoms with Crippen LogP contribution >= 0.6 is 0 Å². The molecule has 0 fully saturated rings. The standard InChI is InChI=1S/C11H18O3/c1-3-4-5-7-11(13)8-6-9-14-10(2)12/h11,13H,3-5,7,9H2,1-2H3/t11-/m1/s1. The number of aliphatic hydroxyl groups excluding tert-OH is 1. The fourth-order valence-electron chi connectivity index (χ4n) is 0.957. The summed E-state index contributed by atoms with van der Waals surface area (Å²) in [7, 11) is 0. The van der Waals surface area contributed by atoms with Crippen LogP contribution < -0.4 is 0 Å². The average Bonchev–Trinajstić information content (AvgIpc) is 2.13. The second kappa shape index (κ2) is 8.58. The molecule has 14 heavy (non-hydrogen) atoms. The van der Waals surface area contributed by atoms with Crippen LogP contribution in [0.25, 0.3) is 0 Å². The fourth-order valence-corrected chi connectivity index (χ4v) is 0.957. The van der Waals surface area contributed by atoms with Crippen molar-refractivity contribution in [2.75, 3.05) is 6.61 Å². The minimum Gasteiger partial charge on any atom is -0.453 e. The summed E-state index contributed by atoms with van der Waals surface area (Å²) < 4.78 is 4.59. The largest absolute Gasteiger partial charge is 0.453 e. The number of esters is 1. The molecule has 0 saturated heterocycles. The van der Waals surface area contributed by atoms with Crippen molar-refractivity contribution in [1.29, 1.82) is 0 Å². The summed E-state index contributed by atoms with van der Waals surface area (Å²) in [5.74, 6) is 4.88. The molecular formula is C11H18O3. The molecule has 0 spiro atoms. The zero-order valence-electron chi connectivity index (χ0n) is 8.88. The highest BCUT2D eigenvalue weighted by Gasteiger charge is 1.97. The molecule has 0 radical (unpaired) electrons. The normalized spacial score (nSPS) is 11.4. The van der Waals surface area contributed by atoms with E-state index >= 15 is 0 Å². The molecule has 0 heterocycles. The zero-order valence-corrected chi connectivity index (χ0v) is 8.88. The monoisotopic (exact) mass is 198 g/mol. The predicted molar refractivity (Wildman–Crippen MR) is 54.6 cm³/mol. The Hall–Kier alpha value is -1.01. The van der Waals surface area contributed by atoms with Gasteiger partial charge in [-0.25, -0.2) is 0 Å². The van der Waals surface area contributed by atoms with Crippen molar-refractivity contribution in [1.82, 2.24) is 0 Å². The van der Waals surface area contributed by atoms with Gasteiger partial charge in [0.25, 0.3) is 0 Å². The first-order chi connectivity index (χ1) is 6.66. The zero-order chi connectivity index (χ0) is 10.8. The van der Waals surface area contributed by atoms with Gasteiger partial charge >= 0.3 is 5.97 Å². The van der Waals surface area contributed by atoms with E-state index in [9.17, 15) is 9.90 Å². The van der Waals surface area contributed by atoms with E-state index in [1.807, 2.05) is 0 Å². The van der Waals surface area contributed by atoms with Crippen LogP contribution in [-0.4, -0.2) is 23.8 Å². The van der Waals surface area contributed by atoms with Crippen molar-refractivity contribution >= 4 is 5.97 Å². The maximum Gasteiger partial charge on any atom is 0.303 e. The molecule has 80 valence electrons. The highest BCUT2D eigenvalue weighted by Crippen LogP contribution is 2.01. The van der Waals surface area contributed by atoms with Crippen molar-refractivity contribution in [3.8, 4) is 11.8 Å². The maximum absolute atomic E-state index is 10.3. The van der Waals surface area contributed by atoms with Crippen molar-refractivity contribution in [3.63, 3.8) is 0 Å². The second-order valence-corrected chi connectivity index (χ2v) is 3.11. The minimum atomic E-state index is -0.586.